The van der Waals surface area contributed by atoms with Gasteiger partial charge < -0.3 is 10.5 Å². The van der Waals surface area contributed by atoms with Gasteiger partial charge in [-0.25, -0.2) is 8.42 Å². The highest BCUT2D eigenvalue weighted by atomic mass is 32.2. The molecule has 2 aliphatic rings. The molecule has 2 N–H and O–H groups in total. The van der Waals surface area contributed by atoms with E-state index in [1.54, 1.807) is 18.3 Å². The summed E-state index contributed by atoms with van der Waals surface area (Å²) in [6.45, 7) is 2.56. The molecule has 2 unspecified atom stereocenters. The fourth-order valence-corrected chi connectivity index (χ4v) is 5.37. The predicted molar refractivity (Wildman–Crippen MR) is 78.2 cm³/mol. The first-order valence-corrected chi connectivity index (χ1v) is 8.79. The van der Waals surface area contributed by atoms with Gasteiger partial charge in [-0.3, -0.25) is 4.68 Å². The number of nitrogens with two attached hydrogens (primary N) is 1. The van der Waals surface area contributed by atoms with Gasteiger partial charge in [-0.15, -0.1) is 0 Å². The van der Waals surface area contributed by atoms with Crippen molar-refractivity contribution in [1.29, 1.82) is 0 Å². The molecule has 0 amide bonds. The van der Waals surface area contributed by atoms with Crippen LogP contribution in [-0.4, -0.2) is 47.8 Å². The molecule has 0 spiro atoms. The van der Waals surface area contributed by atoms with Gasteiger partial charge in [0.1, 0.15) is 4.90 Å². The number of aromatic nitrogens is 2. The van der Waals surface area contributed by atoms with Crippen molar-refractivity contribution < 1.29 is 13.2 Å². The molecule has 1 aromatic rings. The van der Waals surface area contributed by atoms with Crippen LogP contribution >= 0.6 is 0 Å². The Hall–Kier alpha value is -1.12. The smallest absolute Gasteiger partial charge is 0.249 e. The van der Waals surface area contributed by atoms with Crippen molar-refractivity contribution in [3.8, 4) is 0 Å². The van der Waals surface area contributed by atoms with Gasteiger partial charge in [-0.2, -0.15) is 9.40 Å². The molecule has 1 saturated carbocycles. The van der Waals surface area contributed by atoms with Crippen LogP contribution in [-0.2, 0) is 21.8 Å². The molecular weight excluding hydrogens is 292 g/mol. The summed E-state index contributed by atoms with van der Waals surface area (Å²) in [5.41, 5.74) is 6.41. The zero-order chi connectivity index (χ0) is 15.2. The van der Waals surface area contributed by atoms with Crippen molar-refractivity contribution in [1.82, 2.24) is 14.1 Å². The van der Waals surface area contributed by atoms with E-state index >= 15 is 0 Å². The van der Waals surface area contributed by atoms with E-state index in [1.807, 2.05) is 0 Å². The average Bonchev–Trinajstić information content (AvgIpc) is 2.71. The number of aryl methyl sites for hydroxylation is 1. The molecule has 2 heterocycles. The molecule has 21 heavy (non-hydrogen) atoms. The van der Waals surface area contributed by atoms with Crippen LogP contribution in [0.25, 0.3) is 0 Å². The first-order chi connectivity index (χ1) is 9.93. The average molecular weight is 314 g/mol. The summed E-state index contributed by atoms with van der Waals surface area (Å²) < 4.78 is 34.9. The molecule has 118 valence electrons. The lowest BCUT2D eigenvalue weighted by atomic mass is 9.91. The maximum atomic E-state index is 13.0. The van der Waals surface area contributed by atoms with Crippen LogP contribution in [0.2, 0.25) is 0 Å². The van der Waals surface area contributed by atoms with E-state index in [0.717, 1.165) is 25.7 Å². The number of anilines is 1. The summed E-state index contributed by atoms with van der Waals surface area (Å²) in [6.07, 6.45) is 3.93. The molecule has 1 aromatic heterocycles. The second-order valence-electron chi connectivity index (χ2n) is 5.80. The quantitative estimate of drug-likeness (QED) is 0.865. The standard InChI is InChI=1S/C13H22N4O3S/c1-9-12(13(14)15-16(9)2)21(18,19)17-7-8-20-11-6-4-3-5-10(11)17/h10-11H,3-8H2,1-2H3,(H2,14,15). The van der Waals surface area contributed by atoms with Crippen LogP contribution in [0.1, 0.15) is 31.4 Å². The largest absolute Gasteiger partial charge is 0.381 e. The third-order valence-corrected chi connectivity index (χ3v) is 6.64. The number of nitrogens with zero attached hydrogens (tertiary/aromatic N) is 3. The second-order valence-corrected chi connectivity index (χ2v) is 7.63. The molecule has 0 bridgehead atoms. The van der Waals surface area contributed by atoms with Gasteiger partial charge in [0.15, 0.2) is 5.82 Å². The van der Waals surface area contributed by atoms with E-state index in [2.05, 4.69) is 5.10 Å². The summed E-state index contributed by atoms with van der Waals surface area (Å²) in [7, 11) is -1.93. The predicted octanol–water partition coefficient (Wildman–Crippen LogP) is 0.643. The van der Waals surface area contributed by atoms with E-state index in [0.29, 0.717) is 18.8 Å². The molecule has 7 nitrogen and oxygen atoms in total. The minimum atomic E-state index is -3.63. The SMILES string of the molecule is Cc1c(S(=O)(=O)N2CCOC3CCCCC32)c(N)nn1C. The lowest BCUT2D eigenvalue weighted by Gasteiger charge is -2.42. The molecule has 8 heteroatoms. The molecular formula is C13H22N4O3S. The molecule has 0 aromatic carbocycles. The van der Waals surface area contributed by atoms with Gasteiger partial charge in [0.25, 0.3) is 0 Å². The highest BCUT2D eigenvalue weighted by molar-refractivity contribution is 7.89. The van der Waals surface area contributed by atoms with Crippen LogP contribution in [0.4, 0.5) is 5.82 Å². The molecule has 3 rings (SSSR count). The van der Waals surface area contributed by atoms with Crippen LogP contribution in [0.15, 0.2) is 4.90 Å². The summed E-state index contributed by atoms with van der Waals surface area (Å²) in [4.78, 5) is 0.149. The molecule has 1 saturated heterocycles. The number of ether oxygens (including phenoxy) is 1. The van der Waals surface area contributed by atoms with Crippen LogP contribution in [0.5, 0.6) is 0 Å². The molecule has 0 radical (unpaired) electrons. The number of morpholine rings is 1. The lowest BCUT2D eigenvalue weighted by molar-refractivity contribution is -0.0586. The lowest BCUT2D eigenvalue weighted by Crippen LogP contribution is -2.54. The molecule has 2 fully saturated rings. The fraction of sp³-hybridized carbons (Fsp3) is 0.769. The Balaban J connectivity index is 2.00. The summed E-state index contributed by atoms with van der Waals surface area (Å²) in [5.74, 6) is 0.0776. The van der Waals surface area contributed by atoms with Gasteiger partial charge in [-0.05, 0) is 19.8 Å². The minimum absolute atomic E-state index is 0.0143. The first-order valence-electron chi connectivity index (χ1n) is 7.35. The zero-order valence-corrected chi connectivity index (χ0v) is 13.3. The van der Waals surface area contributed by atoms with Crippen molar-refractivity contribution >= 4 is 15.8 Å². The topological polar surface area (TPSA) is 90.4 Å². The number of sulfonamides is 1. The number of fused-ring (bicyclic) bond motifs is 1. The Morgan fingerprint density at radius 3 is 2.71 bits per heavy atom. The number of rotatable bonds is 2. The van der Waals surface area contributed by atoms with Crippen molar-refractivity contribution in [3.63, 3.8) is 0 Å². The molecule has 1 aliphatic heterocycles. The summed E-state index contributed by atoms with van der Waals surface area (Å²) in [6, 6.07) is -0.0727. The van der Waals surface area contributed by atoms with Gasteiger partial charge >= 0.3 is 0 Å². The summed E-state index contributed by atoms with van der Waals surface area (Å²) >= 11 is 0. The Kier molecular flexibility index (Phi) is 3.71. The van der Waals surface area contributed by atoms with Crippen molar-refractivity contribution in [2.75, 3.05) is 18.9 Å². The summed E-state index contributed by atoms with van der Waals surface area (Å²) in [5, 5.41) is 4.03. The third kappa shape index (κ3) is 2.35. The first kappa shape index (κ1) is 14.8. The maximum absolute atomic E-state index is 13.0. The van der Waals surface area contributed by atoms with Gasteiger partial charge in [0, 0.05) is 13.6 Å². The Labute approximate surface area is 125 Å². The highest BCUT2D eigenvalue weighted by Crippen LogP contribution is 2.34. The minimum Gasteiger partial charge on any atom is -0.381 e. The van der Waals surface area contributed by atoms with Crippen LogP contribution in [0.3, 0.4) is 0 Å². The van der Waals surface area contributed by atoms with E-state index in [9.17, 15) is 8.42 Å². The Morgan fingerprint density at radius 2 is 2.05 bits per heavy atom. The number of hydrogen-bond donors (Lipinski definition) is 1. The van der Waals surface area contributed by atoms with E-state index in [4.69, 9.17) is 10.5 Å². The van der Waals surface area contributed by atoms with Crippen LogP contribution < -0.4 is 5.73 Å². The highest BCUT2D eigenvalue weighted by Gasteiger charge is 2.42. The Morgan fingerprint density at radius 1 is 1.33 bits per heavy atom. The molecule has 1 aliphatic carbocycles. The van der Waals surface area contributed by atoms with Crippen molar-refractivity contribution in [2.45, 2.75) is 49.6 Å². The maximum Gasteiger partial charge on any atom is 0.249 e. The third-order valence-electron chi connectivity index (χ3n) is 4.55. The van der Waals surface area contributed by atoms with E-state index < -0.39 is 10.0 Å². The van der Waals surface area contributed by atoms with Crippen molar-refractivity contribution in [3.05, 3.63) is 5.69 Å². The number of hydrogen-bond acceptors (Lipinski definition) is 5. The number of nitrogen functional groups attached to an aromatic ring is 1. The van der Waals surface area contributed by atoms with Gasteiger partial charge in [-0.1, -0.05) is 12.8 Å². The second kappa shape index (κ2) is 5.26. The van der Waals surface area contributed by atoms with Gasteiger partial charge in [0.05, 0.1) is 24.4 Å². The molecule has 2 atom stereocenters. The fourth-order valence-electron chi connectivity index (χ4n) is 3.41. The van der Waals surface area contributed by atoms with Crippen LogP contribution in [0, 0.1) is 6.92 Å². The van der Waals surface area contributed by atoms with E-state index in [-0.39, 0.29) is 22.9 Å². The van der Waals surface area contributed by atoms with Gasteiger partial charge in [0.2, 0.25) is 10.0 Å². The van der Waals surface area contributed by atoms with Crippen molar-refractivity contribution in [2.24, 2.45) is 7.05 Å². The Bertz CT molecular complexity index is 638. The van der Waals surface area contributed by atoms with E-state index in [1.165, 1.54) is 4.68 Å². The normalized spacial score (nSPS) is 27.5. The zero-order valence-electron chi connectivity index (χ0n) is 12.4. The monoisotopic (exact) mass is 314 g/mol.